The molecule has 0 saturated carbocycles. The molecule has 0 aliphatic carbocycles. The van der Waals surface area contributed by atoms with Gasteiger partial charge in [0.1, 0.15) is 5.82 Å². The van der Waals surface area contributed by atoms with E-state index in [1.807, 2.05) is 6.92 Å². The lowest BCUT2D eigenvalue weighted by Crippen LogP contribution is -2.16. The van der Waals surface area contributed by atoms with Gasteiger partial charge in [-0.25, -0.2) is 4.98 Å². The quantitative estimate of drug-likeness (QED) is 0.833. The van der Waals surface area contributed by atoms with E-state index in [4.69, 9.17) is 0 Å². The molecule has 6 heteroatoms. The van der Waals surface area contributed by atoms with Gasteiger partial charge in [-0.2, -0.15) is 5.10 Å². The lowest BCUT2D eigenvalue weighted by Gasteiger charge is -1.99. The summed E-state index contributed by atoms with van der Waals surface area (Å²) in [4.78, 5) is 5.58. The van der Waals surface area contributed by atoms with Gasteiger partial charge in [-0.3, -0.25) is 5.10 Å². The van der Waals surface area contributed by atoms with E-state index in [2.05, 4.69) is 48.6 Å². The van der Waals surface area contributed by atoms with Crippen molar-refractivity contribution in [1.29, 1.82) is 0 Å². The molecule has 0 bridgehead atoms. The summed E-state index contributed by atoms with van der Waals surface area (Å²) in [5.41, 5.74) is 0. The summed E-state index contributed by atoms with van der Waals surface area (Å²) in [7, 11) is 0. The number of aryl methyl sites for hydroxylation is 1. The summed E-state index contributed by atoms with van der Waals surface area (Å²) in [5.74, 6) is 1.74. The number of aromatic nitrogens is 3. The Morgan fingerprint density at radius 3 is 3.00 bits per heavy atom. The summed E-state index contributed by atoms with van der Waals surface area (Å²) in [6, 6.07) is 4.19. The van der Waals surface area contributed by atoms with Crippen LogP contribution in [-0.4, -0.2) is 21.7 Å². The van der Waals surface area contributed by atoms with E-state index in [0.29, 0.717) is 0 Å². The number of hydrogen-bond donors (Lipinski definition) is 2. The molecule has 2 N–H and O–H groups in total. The molecular weight excluding hydrogens is 288 g/mol. The highest BCUT2D eigenvalue weighted by Gasteiger charge is 2.00. The van der Waals surface area contributed by atoms with Crippen LogP contribution in [0.3, 0.4) is 0 Å². The summed E-state index contributed by atoms with van der Waals surface area (Å²) < 4.78 is 1.17. The van der Waals surface area contributed by atoms with E-state index >= 15 is 0 Å². The van der Waals surface area contributed by atoms with Gasteiger partial charge in [0.15, 0.2) is 5.82 Å². The number of nitrogens with one attached hydrogen (secondary N) is 2. The van der Waals surface area contributed by atoms with Crippen molar-refractivity contribution in [2.24, 2.45) is 0 Å². The Morgan fingerprint density at radius 1 is 1.50 bits per heavy atom. The molecule has 86 valence electrons. The zero-order chi connectivity index (χ0) is 11.4. The molecule has 0 atom stereocenters. The van der Waals surface area contributed by atoms with Crippen molar-refractivity contribution in [1.82, 2.24) is 20.5 Å². The molecule has 0 fully saturated rings. The van der Waals surface area contributed by atoms with Gasteiger partial charge in [0.05, 0.1) is 3.79 Å². The van der Waals surface area contributed by atoms with Crippen LogP contribution in [0.4, 0.5) is 0 Å². The van der Waals surface area contributed by atoms with Crippen LogP contribution in [-0.2, 0) is 13.0 Å². The van der Waals surface area contributed by atoms with Crippen molar-refractivity contribution in [2.75, 3.05) is 6.54 Å². The SMILES string of the molecule is Cc1nc(CCNCc2ccc(Br)s2)n[nH]1. The van der Waals surface area contributed by atoms with Crippen LogP contribution in [0.2, 0.25) is 0 Å². The van der Waals surface area contributed by atoms with Crippen LogP contribution < -0.4 is 5.32 Å². The lowest BCUT2D eigenvalue weighted by atomic mass is 10.4. The van der Waals surface area contributed by atoms with Gasteiger partial charge in [0, 0.05) is 24.4 Å². The molecule has 2 aromatic heterocycles. The zero-order valence-electron chi connectivity index (χ0n) is 8.96. The third kappa shape index (κ3) is 3.40. The third-order valence-corrected chi connectivity index (χ3v) is 3.72. The Balaban J connectivity index is 1.69. The third-order valence-electron chi connectivity index (χ3n) is 2.10. The maximum Gasteiger partial charge on any atom is 0.151 e. The van der Waals surface area contributed by atoms with Crippen LogP contribution >= 0.6 is 27.3 Å². The lowest BCUT2D eigenvalue weighted by molar-refractivity contribution is 0.677. The number of nitrogens with zero attached hydrogens (tertiary/aromatic N) is 2. The standard InChI is InChI=1S/C10H13BrN4S/c1-7-13-10(15-14-7)4-5-12-6-8-2-3-9(11)16-8/h2-3,12H,4-6H2,1H3,(H,13,14,15). The molecule has 0 aliphatic rings. The predicted molar refractivity (Wildman–Crippen MR) is 68.5 cm³/mol. The van der Waals surface area contributed by atoms with Gasteiger partial charge in [-0.15, -0.1) is 11.3 Å². The van der Waals surface area contributed by atoms with Crippen molar-refractivity contribution < 1.29 is 0 Å². The fourth-order valence-electron chi connectivity index (χ4n) is 1.36. The zero-order valence-corrected chi connectivity index (χ0v) is 11.4. The summed E-state index contributed by atoms with van der Waals surface area (Å²) in [5, 5.41) is 10.3. The molecule has 2 heterocycles. The molecule has 0 aromatic carbocycles. The Bertz CT molecular complexity index is 409. The van der Waals surface area contributed by atoms with Crippen molar-refractivity contribution in [3.8, 4) is 0 Å². The molecule has 2 aromatic rings. The van der Waals surface area contributed by atoms with Crippen LogP contribution in [0.1, 0.15) is 16.5 Å². The fraction of sp³-hybridized carbons (Fsp3) is 0.400. The van der Waals surface area contributed by atoms with Crippen molar-refractivity contribution in [2.45, 2.75) is 19.9 Å². The topological polar surface area (TPSA) is 53.6 Å². The van der Waals surface area contributed by atoms with E-state index < -0.39 is 0 Å². The molecule has 0 spiro atoms. The number of hydrogen-bond acceptors (Lipinski definition) is 4. The Kier molecular flexibility index (Phi) is 4.09. The number of H-pyrrole nitrogens is 1. The maximum atomic E-state index is 4.25. The first-order valence-corrected chi connectivity index (χ1v) is 6.68. The minimum absolute atomic E-state index is 0.858. The number of thiophene rings is 1. The number of aromatic amines is 1. The molecule has 2 rings (SSSR count). The van der Waals surface area contributed by atoms with Crippen LogP contribution in [0, 0.1) is 6.92 Å². The molecule has 0 aliphatic heterocycles. The van der Waals surface area contributed by atoms with Gasteiger partial charge < -0.3 is 5.32 Å². The van der Waals surface area contributed by atoms with Crippen LogP contribution in [0.25, 0.3) is 0 Å². The number of rotatable bonds is 5. The average molecular weight is 301 g/mol. The monoisotopic (exact) mass is 300 g/mol. The largest absolute Gasteiger partial charge is 0.311 e. The van der Waals surface area contributed by atoms with Crippen molar-refractivity contribution >= 4 is 27.3 Å². The molecule has 4 nitrogen and oxygen atoms in total. The van der Waals surface area contributed by atoms with Crippen LogP contribution in [0.5, 0.6) is 0 Å². The second-order valence-corrected chi connectivity index (χ2v) is 6.02. The van der Waals surface area contributed by atoms with Gasteiger partial charge in [0.2, 0.25) is 0 Å². The summed E-state index contributed by atoms with van der Waals surface area (Å²) in [6.07, 6.45) is 0.858. The smallest absolute Gasteiger partial charge is 0.151 e. The maximum absolute atomic E-state index is 4.25. The molecule has 16 heavy (non-hydrogen) atoms. The normalized spacial score (nSPS) is 10.9. The number of halogens is 1. The fourth-order valence-corrected chi connectivity index (χ4v) is 2.81. The minimum Gasteiger partial charge on any atom is -0.311 e. The molecule has 0 saturated heterocycles. The molecular formula is C10H13BrN4S. The summed E-state index contributed by atoms with van der Waals surface area (Å²) >= 11 is 5.20. The van der Waals surface area contributed by atoms with E-state index in [9.17, 15) is 0 Å². The highest BCUT2D eigenvalue weighted by molar-refractivity contribution is 9.11. The van der Waals surface area contributed by atoms with E-state index in [1.165, 1.54) is 8.66 Å². The van der Waals surface area contributed by atoms with E-state index in [0.717, 1.165) is 31.2 Å². The molecule has 0 radical (unpaired) electrons. The second-order valence-electron chi connectivity index (χ2n) is 3.47. The average Bonchev–Trinajstić information content (AvgIpc) is 2.83. The highest BCUT2D eigenvalue weighted by Crippen LogP contribution is 2.21. The Morgan fingerprint density at radius 2 is 2.38 bits per heavy atom. The first kappa shape index (κ1) is 11.8. The first-order chi connectivity index (χ1) is 7.74. The predicted octanol–water partition coefficient (Wildman–Crippen LogP) is 2.27. The molecule has 0 unspecified atom stereocenters. The van der Waals surface area contributed by atoms with Gasteiger partial charge >= 0.3 is 0 Å². The highest BCUT2D eigenvalue weighted by atomic mass is 79.9. The van der Waals surface area contributed by atoms with E-state index in [-0.39, 0.29) is 0 Å². The summed E-state index contributed by atoms with van der Waals surface area (Å²) in [6.45, 7) is 3.71. The molecule has 0 amide bonds. The van der Waals surface area contributed by atoms with Gasteiger partial charge in [-0.1, -0.05) is 0 Å². The van der Waals surface area contributed by atoms with Gasteiger partial charge in [0.25, 0.3) is 0 Å². The van der Waals surface area contributed by atoms with Crippen molar-refractivity contribution in [3.63, 3.8) is 0 Å². The Hall–Kier alpha value is -0.720. The van der Waals surface area contributed by atoms with E-state index in [1.54, 1.807) is 11.3 Å². The van der Waals surface area contributed by atoms with Gasteiger partial charge in [-0.05, 0) is 35.0 Å². The Labute approximate surface area is 107 Å². The first-order valence-electron chi connectivity index (χ1n) is 5.07. The minimum atomic E-state index is 0.858. The van der Waals surface area contributed by atoms with Crippen molar-refractivity contribution in [3.05, 3.63) is 32.4 Å². The van der Waals surface area contributed by atoms with Crippen LogP contribution in [0.15, 0.2) is 15.9 Å². The second kappa shape index (κ2) is 5.56.